The molecule has 0 aliphatic rings. The van der Waals surface area contributed by atoms with Crippen molar-refractivity contribution in [2.75, 3.05) is 13.2 Å². The SMILES string of the molecule is CC(C)(C)[Si](OCCCOC(=O)c1ccccc1)(c1ccccc1)c1ccccc1. The summed E-state index contributed by atoms with van der Waals surface area (Å²) in [4.78, 5) is 12.2. The van der Waals surface area contributed by atoms with Crippen molar-refractivity contribution in [3.63, 3.8) is 0 Å². The molecule has 0 spiro atoms. The minimum atomic E-state index is -2.53. The van der Waals surface area contributed by atoms with E-state index >= 15 is 0 Å². The van der Waals surface area contributed by atoms with Crippen LogP contribution in [-0.2, 0) is 9.16 Å². The highest BCUT2D eigenvalue weighted by Gasteiger charge is 2.49. The first-order valence-corrected chi connectivity index (χ1v) is 12.3. The fraction of sp³-hybridized carbons (Fsp3) is 0.269. The van der Waals surface area contributed by atoms with E-state index < -0.39 is 8.32 Å². The number of ether oxygens (including phenoxy) is 1. The van der Waals surface area contributed by atoms with Crippen molar-refractivity contribution in [2.45, 2.75) is 32.2 Å². The van der Waals surface area contributed by atoms with E-state index in [4.69, 9.17) is 9.16 Å². The van der Waals surface area contributed by atoms with Gasteiger partial charge in [0.1, 0.15) is 0 Å². The van der Waals surface area contributed by atoms with E-state index in [1.165, 1.54) is 10.4 Å². The summed E-state index contributed by atoms with van der Waals surface area (Å²) in [6.45, 7) is 7.65. The highest BCUT2D eigenvalue weighted by atomic mass is 28.4. The van der Waals surface area contributed by atoms with Gasteiger partial charge >= 0.3 is 5.97 Å². The summed E-state index contributed by atoms with van der Waals surface area (Å²) in [6.07, 6.45) is 0.656. The molecular weight excluding hydrogens is 388 g/mol. The van der Waals surface area contributed by atoms with Gasteiger partial charge in [-0.25, -0.2) is 4.79 Å². The van der Waals surface area contributed by atoms with Crippen LogP contribution < -0.4 is 10.4 Å². The van der Waals surface area contributed by atoms with Crippen LogP contribution in [-0.4, -0.2) is 27.5 Å². The summed E-state index contributed by atoms with van der Waals surface area (Å²) in [5.74, 6) is -0.291. The maximum atomic E-state index is 12.2. The van der Waals surface area contributed by atoms with E-state index in [1.54, 1.807) is 12.1 Å². The standard InChI is InChI=1S/C26H30O3Si/c1-26(2,3)30(23-16-9-5-10-17-23,24-18-11-6-12-19-24)29-21-13-20-28-25(27)22-14-7-4-8-15-22/h4-12,14-19H,13,20-21H2,1-3H3. The van der Waals surface area contributed by atoms with E-state index in [-0.39, 0.29) is 11.0 Å². The first kappa shape index (κ1) is 22.0. The smallest absolute Gasteiger partial charge is 0.338 e. The van der Waals surface area contributed by atoms with Crippen molar-refractivity contribution in [1.82, 2.24) is 0 Å². The third-order valence-corrected chi connectivity index (χ3v) is 10.3. The van der Waals surface area contributed by atoms with Gasteiger partial charge in [-0.15, -0.1) is 0 Å². The zero-order chi connectivity index (χ0) is 21.5. The van der Waals surface area contributed by atoms with Crippen molar-refractivity contribution in [3.8, 4) is 0 Å². The van der Waals surface area contributed by atoms with Crippen LogP contribution in [0.4, 0.5) is 0 Å². The lowest BCUT2D eigenvalue weighted by molar-refractivity contribution is 0.0484. The molecule has 0 unspecified atom stereocenters. The molecule has 156 valence electrons. The van der Waals surface area contributed by atoms with Crippen LogP contribution in [0.1, 0.15) is 37.6 Å². The fourth-order valence-corrected chi connectivity index (χ4v) is 8.47. The Hall–Kier alpha value is -2.69. The molecule has 0 radical (unpaired) electrons. The van der Waals surface area contributed by atoms with Gasteiger partial charge < -0.3 is 9.16 Å². The number of esters is 1. The predicted octanol–water partition coefficient (Wildman–Crippen LogP) is 4.81. The Kier molecular flexibility index (Phi) is 7.24. The number of hydrogen-bond donors (Lipinski definition) is 0. The van der Waals surface area contributed by atoms with Gasteiger partial charge in [-0.3, -0.25) is 0 Å². The minimum absolute atomic E-state index is 0.0591. The third-order valence-electron chi connectivity index (χ3n) is 5.27. The van der Waals surface area contributed by atoms with Gasteiger partial charge in [0.05, 0.1) is 12.2 Å². The summed E-state index contributed by atoms with van der Waals surface area (Å²) < 4.78 is 12.2. The number of carbonyl (C=O) groups excluding carboxylic acids is 1. The number of carbonyl (C=O) groups is 1. The van der Waals surface area contributed by atoms with Crippen molar-refractivity contribution in [1.29, 1.82) is 0 Å². The van der Waals surface area contributed by atoms with Crippen LogP contribution in [0.3, 0.4) is 0 Å². The van der Waals surface area contributed by atoms with Gasteiger partial charge in [0.25, 0.3) is 8.32 Å². The zero-order valence-electron chi connectivity index (χ0n) is 18.0. The second-order valence-electron chi connectivity index (χ2n) is 8.37. The summed E-state index contributed by atoms with van der Waals surface area (Å²) in [5, 5.41) is 2.45. The molecule has 0 saturated heterocycles. The average Bonchev–Trinajstić information content (AvgIpc) is 2.77. The lowest BCUT2D eigenvalue weighted by Crippen LogP contribution is -2.66. The summed E-state index contributed by atoms with van der Waals surface area (Å²) in [6, 6.07) is 30.2. The van der Waals surface area contributed by atoms with Gasteiger partial charge in [-0.2, -0.15) is 0 Å². The molecule has 0 bridgehead atoms. The van der Waals surface area contributed by atoms with E-state index in [1.807, 2.05) is 30.3 Å². The first-order chi connectivity index (χ1) is 14.4. The van der Waals surface area contributed by atoms with Crippen molar-refractivity contribution in [2.24, 2.45) is 0 Å². The molecule has 4 heteroatoms. The molecule has 0 N–H and O–H groups in total. The molecule has 0 atom stereocenters. The normalized spacial score (nSPS) is 11.8. The molecule has 0 aliphatic heterocycles. The van der Waals surface area contributed by atoms with Crippen LogP contribution in [0.25, 0.3) is 0 Å². The maximum Gasteiger partial charge on any atom is 0.338 e. The molecule has 0 amide bonds. The van der Waals surface area contributed by atoms with Crippen LogP contribution in [0, 0.1) is 0 Å². The molecule has 3 aromatic rings. The molecule has 30 heavy (non-hydrogen) atoms. The van der Waals surface area contributed by atoms with E-state index in [2.05, 4.69) is 69.3 Å². The van der Waals surface area contributed by atoms with Crippen LogP contribution in [0.5, 0.6) is 0 Å². The Balaban J connectivity index is 1.74. The van der Waals surface area contributed by atoms with Crippen LogP contribution in [0.15, 0.2) is 91.0 Å². The van der Waals surface area contributed by atoms with Gasteiger partial charge in [-0.05, 0) is 27.5 Å². The monoisotopic (exact) mass is 418 g/mol. The molecule has 3 aromatic carbocycles. The van der Waals surface area contributed by atoms with Gasteiger partial charge in [0.15, 0.2) is 0 Å². The predicted molar refractivity (Wildman–Crippen MR) is 125 cm³/mol. The highest BCUT2D eigenvalue weighted by molar-refractivity contribution is 6.99. The second kappa shape index (κ2) is 9.87. The molecule has 0 fully saturated rings. The number of hydrogen-bond acceptors (Lipinski definition) is 3. The Bertz CT molecular complexity index is 879. The third kappa shape index (κ3) is 4.89. The topological polar surface area (TPSA) is 35.5 Å². The van der Waals surface area contributed by atoms with Crippen molar-refractivity contribution in [3.05, 3.63) is 96.6 Å². The summed E-state index contributed by atoms with van der Waals surface area (Å²) in [5.41, 5.74) is 0.574. The first-order valence-electron chi connectivity index (χ1n) is 10.4. The number of benzene rings is 3. The fourth-order valence-electron chi connectivity index (χ4n) is 3.87. The van der Waals surface area contributed by atoms with Crippen LogP contribution in [0.2, 0.25) is 5.04 Å². The summed E-state index contributed by atoms with van der Waals surface area (Å²) >= 11 is 0. The van der Waals surface area contributed by atoms with Gasteiger partial charge in [-0.1, -0.05) is 99.6 Å². The average molecular weight is 419 g/mol. The summed E-state index contributed by atoms with van der Waals surface area (Å²) in [7, 11) is -2.53. The Morgan fingerprint density at radius 3 is 1.67 bits per heavy atom. The number of rotatable bonds is 8. The van der Waals surface area contributed by atoms with Crippen molar-refractivity contribution >= 4 is 24.7 Å². The van der Waals surface area contributed by atoms with Crippen molar-refractivity contribution < 1.29 is 14.0 Å². The molecule has 0 saturated carbocycles. The van der Waals surface area contributed by atoms with Gasteiger partial charge in [0, 0.05) is 13.0 Å². The molecule has 0 aliphatic carbocycles. The maximum absolute atomic E-state index is 12.2. The minimum Gasteiger partial charge on any atom is -0.462 e. The molecule has 3 nitrogen and oxygen atoms in total. The molecular formula is C26H30O3Si. The van der Waals surface area contributed by atoms with E-state index in [0.29, 0.717) is 25.2 Å². The second-order valence-corrected chi connectivity index (χ2v) is 12.7. The van der Waals surface area contributed by atoms with Gasteiger partial charge in [0.2, 0.25) is 0 Å². The van der Waals surface area contributed by atoms with E-state index in [0.717, 1.165) is 0 Å². The lowest BCUT2D eigenvalue weighted by Gasteiger charge is -2.43. The molecule has 0 heterocycles. The van der Waals surface area contributed by atoms with Crippen LogP contribution >= 0.6 is 0 Å². The largest absolute Gasteiger partial charge is 0.462 e. The Morgan fingerprint density at radius 2 is 1.20 bits per heavy atom. The Labute approximate surface area is 180 Å². The zero-order valence-corrected chi connectivity index (χ0v) is 19.0. The Morgan fingerprint density at radius 1 is 0.733 bits per heavy atom. The lowest BCUT2D eigenvalue weighted by atomic mass is 10.2. The quantitative estimate of drug-likeness (QED) is 0.299. The van der Waals surface area contributed by atoms with E-state index in [9.17, 15) is 4.79 Å². The molecule has 3 rings (SSSR count). The highest BCUT2D eigenvalue weighted by Crippen LogP contribution is 2.36. The molecule has 0 aromatic heterocycles.